The molecule has 0 heterocycles. The van der Waals surface area contributed by atoms with Crippen LogP contribution in [0, 0.1) is 0 Å². The molecule has 0 saturated heterocycles. The Hall–Kier alpha value is -0.860. The summed E-state index contributed by atoms with van der Waals surface area (Å²) >= 11 is 6.07. The standard InChI is InChI=1S/C15H20ClNO/c1-2-17(12-7-3-4-8-12)11-15(18)13-9-5-6-10-14(13)16/h5-6,9-10,12H,2-4,7-8,11H2,1H3. The highest BCUT2D eigenvalue weighted by Crippen LogP contribution is 2.24. The molecule has 1 aromatic rings. The molecule has 0 atom stereocenters. The molecule has 1 aromatic carbocycles. The number of carbonyl (C=O) groups is 1. The van der Waals surface area contributed by atoms with Crippen molar-refractivity contribution in [1.29, 1.82) is 0 Å². The quantitative estimate of drug-likeness (QED) is 0.755. The van der Waals surface area contributed by atoms with Crippen LogP contribution in [0.1, 0.15) is 43.0 Å². The number of benzene rings is 1. The molecule has 2 nitrogen and oxygen atoms in total. The molecule has 0 amide bonds. The van der Waals surface area contributed by atoms with Crippen LogP contribution in [0.3, 0.4) is 0 Å². The van der Waals surface area contributed by atoms with Crippen molar-refractivity contribution in [3.63, 3.8) is 0 Å². The summed E-state index contributed by atoms with van der Waals surface area (Å²) < 4.78 is 0. The SMILES string of the molecule is CCN(CC(=O)c1ccccc1Cl)C1CCCC1. The van der Waals surface area contributed by atoms with Crippen LogP contribution >= 0.6 is 11.6 Å². The van der Waals surface area contributed by atoms with Gasteiger partial charge in [-0.1, -0.05) is 43.5 Å². The maximum Gasteiger partial charge on any atom is 0.178 e. The van der Waals surface area contributed by atoms with E-state index in [1.54, 1.807) is 6.07 Å². The first-order chi connectivity index (χ1) is 8.72. The number of ketones is 1. The van der Waals surface area contributed by atoms with Gasteiger partial charge in [0.2, 0.25) is 0 Å². The second kappa shape index (κ2) is 6.35. The Bertz CT molecular complexity index is 413. The zero-order valence-electron chi connectivity index (χ0n) is 10.9. The van der Waals surface area contributed by atoms with Crippen molar-refractivity contribution < 1.29 is 4.79 Å². The first-order valence-electron chi connectivity index (χ1n) is 6.74. The number of likely N-dealkylation sites (N-methyl/N-ethyl adjacent to an activating group) is 1. The Kier molecular flexibility index (Phi) is 4.79. The molecular formula is C15H20ClNO. The first-order valence-corrected chi connectivity index (χ1v) is 7.12. The van der Waals surface area contributed by atoms with Crippen molar-refractivity contribution in [1.82, 2.24) is 4.90 Å². The van der Waals surface area contributed by atoms with Crippen molar-refractivity contribution in [3.05, 3.63) is 34.9 Å². The van der Waals surface area contributed by atoms with E-state index in [9.17, 15) is 4.79 Å². The highest BCUT2D eigenvalue weighted by Gasteiger charge is 2.23. The fraction of sp³-hybridized carbons (Fsp3) is 0.533. The van der Waals surface area contributed by atoms with E-state index in [0.29, 0.717) is 23.2 Å². The summed E-state index contributed by atoms with van der Waals surface area (Å²) in [4.78, 5) is 14.6. The molecule has 1 aliphatic carbocycles. The van der Waals surface area contributed by atoms with E-state index in [2.05, 4.69) is 11.8 Å². The van der Waals surface area contributed by atoms with E-state index in [4.69, 9.17) is 11.6 Å². The molecule has 18 heavy (non-hydrogen) atoms. The number of hydrogen-bond donors (Lipinski definition) is 0. The van der Waals surface area contributed by atoms with Crippen LogP contribution in [-0.2, 0) is 0 Å². The van der Waals surface area contributed by atoms with Gasteiger partial charge in [0.15, 0.2) is 5.78 Å². The Balaban J connectivity index is 2.03. The number of nitrogens with zero attached hydrogens (tertiary/aromatic N) is 1. The van der Waals surface area contributed by atoms with Gasteiger partial charge in [0, 0.05) is 11.6 Å². The number of hydrogen-bond acceptors (Lipinski definition) is 2. The molecule has 0 bridgehead atoms. The van der Waals surface area contributed by atoms with Gasteiger partial charge >= 0.3 is 0 Å². The average Bonchev–Trinajstić information content (AvgIpc) is 2.90. The summed E-state index contributed by atoms with van der Waals surface area (Å²) in [5.74, 6) is 0.134. The lowest BCUT2D eigenvalue weighted by Gasteiger charge is -2.26. The van der Waals surface area contributed by atoms with E-state index in [0.717, 1.165) is 6.54 Å². The lowest BCUT2D eigenvalue weighted by molar-refractivity contribution is 0.0899. The zero-order valence-corrected chi connectivity index (χ0v) is 11.6. The maximum atomic E-state index is 12.3. The minimum absolute atomic E-state index is 0.134. The molecular weight excluding hydrogens is 246 g/mol. The largest absolute Gasteiger partial charge is 0.293 e. The first kappa shape index (κ1) is 13.6. The zero-order chi connectivity index (χ0) is 13.0. The molecule has 1 saturated carbocycles. The summed E-state index contributed by atoms with van der Waals surface area (Å²) in [5, 5.41) is 0.560. The Morgan fingerprint density at radius 1 is 1.33 bits per heavy atom. The van der Waals surface area contributed by atoms with Crippen molar-refractivity contribution in [2.75, 3.05) is 13.1 Å². The second-order valence-corrected chi connectivity index (χ2v) is 5.31. The van der Waals surface area contributed by atoms with Gasteiger partial charge in [-0.2, -0.15) is 0 Å². The van der Waals surface area contributed by atoms with Crippen LogP contribution in [-0.4, -0.2) is 29.8 Å². The minimum atomic E-state index is 0.134. The molecule has 0 spiro atoms. The van der Waals surface area contributed by atoms with Crippen LogP contribution in [0.25, 0.3) is 0 Å². The molecule has 1 aliphatic rings. The smallest absolute Gasteiger partial charge is 0.178 e. The molecule has 98 valence electrons. The third-order valence-corrected chi connectivity index (χ3v) is 4.10. The number of carbonyl (C=O) groups excluding carboxylic acids is 1. The molecule has 0 N–H and O–H groups in total. The van der Waals surface area contributed by atoms with Crippen molar-refractivity contribution in [3.8, 4) is 0 Å². The summed E-state index contributed by atoms with van der Waals surface area (Å²) in [6.45, 7) is 3.55. The van der Waals surface area contributed by atoms with Crippen molar-refractivity contribution in [2.45, 2.75) is 38.6 Å². The van der Waals surface area contributed by atoms with E-state index < -0.39 is 0 Å². The Morgan fingerprint density at radius 2 is 2.00 bits per heavy atom. The Labute approximate surface area is 114 Å². The maximum absolute atomic E-state index is 12.3. The number of rotatable bonds is 5. The van der Waals surface area contributed by atoms with Crippen LogP contribution in [0.15, 0.2) is 24.3 Å². The van der Waals surface area contributed by atoms with Gasteiger partial charge in [-0.05, 0) is 31.5 Å². The number of Topliss-reactive ketones (excluding diaryl/α,β-unsaturated/α-hetero) is 1. The van der Waals surface area contributed by atoms with Gasteiger partial charge in [0.05, 0.1) is 11.6 Å². The predicted molar refractivity (Wildman–Crippen MR) is 75.3 cm³/mol. The van der Waals surface area contributed by atoms with Gasteiger partial charge < -0.3 is 0 Å². The molecule has 0 aliphatic heterocycles. The normalized spacial score (nSPS) is 16.4. The summed E-state index contributed by atoms with van der Waals surface area (Å²) in [7, 11) is 0. The minimum Gasteiger partial charge on any atom is -0.293 e. The monoisotopic (exact) mass is 265 g/mol. The van der Waals surface area contributed by atoms with Crippen LogP contribution < -0.4 is 0 Å². The van der Waals surface area contributed by atoms with Crippen LogP contribution in [0.4, 0.5) is 0 Å². The topological polar surface area (TPSA) is 20.3 Å². The van der Waals surface area contributed by atoms with Crippen LogP contribution in [0.5, 0.6) is 0 Å². The predicted octanol–water partition coefficient (Wildman–Crippen LogP) is 3.79. The van der Waals surface area contributed by atoms with Crippen molar-refractivity contribution >= 4 is 17.4 Å². The van der Waals surface area contributed by atoms with Crippen molar-refractivity contribution in [2.24, 2.45) is 0 Å². The lowest BCUT2D eigenvalue weighted by atomic mass is 10.1. The summed E-state index contributed by atoms with van der Waals surface area (Å²) in [6.07, 6.45) is 5.04. The van der Waals surface area contributed by atoms with Gasteiger partial charge in [-0.3, -0.25) is 9.69 Å². The molecule has 1 fully saturated rings. The van der Waals surface area contributed by atoms with Gasteiger partial charge in [-0.25, -0.2) is 0 Å². The summed E-state index contributed by atoms with van der Waals surface area (Å²) in [5.41, 5.74) is 0.649. The van der Waals surface area contributed by atoms with E-state index in [1.165, 1.54) is 25.7 Å². The number of halogens is 1. The third-order valence-electron chi connectivity index (χ3n) is 3.77. The lowest BCUT2D eigenvalue weighted by Crippen LogP contribution is -2.37. The third kappa shape index (κ3) is 3.12. The van der Waals surface area contributed by atoms with E-state index in [-0.39, 0.29) is 5.78 Å². The fourth-order valence-corrected chi connectivity index (χ4v) is 2.97. The van der Waals surface area contributed by atoms with Gasteiger partial charge in [-0.15, -0.1) is 0 Å². The van der Waals surface area contributed by atoms with E-state index >= 15 is 0 Å². The van der Waals surface area contributed by atoms with Crippen LogP contribution in [0.2, 0.25) is 5.02 Å². The molecule has 0 unspecified atom stereocenters. The molecule has 2 rings (SSSR count). The highest BCUT2D eigenvalue weighted by atomic mass is 35.5. The van der Waals surface area contributed by atoms with Gasteiger partial charge in [0.1, 0.15) is 0 Å². The average molecular weight is 266 g/mol. The Morgan fingerprint density at radius 3 is 2.61 bits per heavy atom. The molecule has 0 aromatic heterocycles. The van der Waals surface area contributed by atoms with Gasteiger partial charge in [0.25, 0.3) is 0 Å². The van der Waals surface area contributed by atoms with E-state index in [1.807, 2.05) is 18.2 Å². The fourth-order valence-electron chi connectivity index (χ4n) is 2.73. The highest BCUT2D eigenvalue weighted by molar-refractivity contribution is 6.34. The second-order valence-electron chi connectivity index (χ2n) is 4.90. The molecule has 0 radical (unpaired) electrons. The molecule has 3 heteroatoms. The summed E-state index contributed by atoms with van der Waals surface area (Å²) in [6, 6.07) is 7.90.